The van der Waals surface area contributed by atoms with Gasteiger partial charge in [-0.05, 0) is 23.8 Å². The van der Waals surface area contributed by atoms with Gasteiger partial charge < -0.3 is 5.32 Å². The standard InChI is InChI=1S/C18H16N2O2S/c1-23(22)16-10-3-2-6-14(16)12-17(21)20-15-9-4-7-13-8-5-11-19-18(13)15/h2-11H,12H2,1H3,(H,20,21). The number of rotatable bonds is 4. The summed E-state index contributed by atoms with van der Waals surface area (Å²) in [6.45, 7) is 0. The van der Waals surface area contributed by atoms with Crippen LogP contribution in [0.1, 0.15) is 5.56 Å². The zero-order valence-corrected chi connectivity index (χ0v) is 13.5. The van der Waals surface area contributed by atoms with Crippen LogP contribution in [0, 0.1) is 0 Å². The topological polar surface area (TPSA) is 59.1 Å². The van der Waals surface area contributed by atoms with Crippen molar-refractivity contribution in [3.8, 4) is 0 Å². The summed E-state index contributed by atoms with van der Waals surface area (Å²) in [7, 11) is -1.12. The average Bonchev–Trinajstić information content (AvgIpc) is 2.55. The smallest absolute Gasteiger partial charge is 0.228 e. The van der Waals surface area contributed by atoms with Crippen LogP contribution in [0.25, 0.3) is 10.9 Å². The van der Waals surface area contributed by atoms with Crippen molar-refractivity contribution >= 4 is 33.3 Å². The Morgan fingerprint density at radius 2 is 1.87 bits per heavy atom. The van der Waals surface area contributed by atoms with Gasteiger partial charge in [-0.3, -0.25) is 14.0 Å². The zero-order chi connectivity index (χ0) is 16.2. The van der Waals surface area contributed by atoms with Crippen LogP contribution in [0.3, 0.4) is 0 Å². The summed E-state index contributed by atoms with van der Waals surface area (Å²) in [6.07, 6.45) is 3.50. The van der Waals surface area contributed by atoms with Crippen LogP contribution in [0.4, 0.5) is 5.69 Å². The molecular formula is C18H16N2O2S. The fourth-order valence-electron chi connectivity index (χ4n) is 2.50. The quantitative estimate of drug-likeness (QED) is 0.802. The molecule has 3 rings (SSSR count). The predicted octanol–water partition coefficient (Wildman–Crippen LogP) is 3.15. The van der Waals surface area contributed by atoms with Gasteiger partial charge in [0.25, 0.3) is 0 Å². The van der Waals surface area contributed by atoms with Crippen LogP contribution in [0.15, 0.2) is 65.7 Å². The van der Waals surface area contributed by atoms with Crippen molar-refractivity contribution in [2.75, 3.05) is 11.6 Å². The van der Waals surface area contributed by atoms with E-state index in [1.165, 1.54) is 0 Å². The molecule has 23 heavy (non-hydrogen) atoms. The van der Waals surface area contributed by atoms with E-state index < -0.39 is 10.8 Å². The number of benzene rings is 2. The van der Waals surface area contributed by atoms with Gasteiger partial charge >= 0.3 is 0 Å². The van der Waals surface area contributed by atoms with Crippen LogP contribution in [0.5, 0.6) is 0 Å². The third-order valence-corrected chi connectivity index (χ3v) is 4.56. The number of hydrogen-bond acceptors (Lipinski definition) is 3. The summed E-state index contributed by atoms with van der Waals surface area (Å²) in [5.74, 6) is -0.152. The van der Waals surface area contributed by atoms with E-state index in [9.17, 15) is 9.00 Å². The highest BCUT2D eigenvalue weighted by Gasteiger charge is 2.11. The third-order valence-electron chi connectivity index (χ3n) is 3.54. The maximum Gasteiger partial charge on any atom is 0.228 e. The SMILES string of the molecule is CS(=O)c1ccccc1CC(=O)Nc1cccc2cccnc12. The van der Waals surface area contributed by atoms with Crippen molar-refractivity contribution in [1.29, 1.82) is 0 Å². The van der Waals surface area contributed by atoms with E-state index in [0.29, 0.717) is 10.6 Å². The second-order valence-electron chi connectivity index (χ2n) is 5.17. The molecule has 1 atom stereocenters. The summed E-state index contributed by atoms with van der Waals surface area (Å²) in [6, 6.07) is 16.8. The van der Waals surface area contributed by atoms with Gasteiger partial charge in [0.05, 0.1) is 28.4 Å². The Hall–Kier alpha value is -2.53. The van der Waals surface area contributed by atoms with Gasteiger partial charge in [0.2, 0.25) is 5.91 Å². The van der Waals surface area contributed by atoms with Gasteiger partial charge in [0.15, 0.2) is 0 Å². The van der Waals surface area contributed by atoms with E-state index in [4.69, 9.17) is 0 Å². The lowest BCUT2D eigenvalue weighted by atomic mass is 10.1. The fraction of sp³-hybridized carbons (Fsp3) is 0.111. The molecule has 116 valence electrons. The Morgan fingerprint density at radius 1 is 1.09 bits per heavy atom. The first kappa shape index (κ1) is 15.4. The molecule has 0 aliphatic carbocycles. The molecular weight excluding hydrogens is 308 g/mol. The molecule has 1 unspecified atom stereocenters. The molecule has 4 nitrogen and oxygen atoms in total. The number of pyridine rings is 1. The van der Waals surface area contributed by atoms with Gasteiger partial charge in [-0.2, -0.15) is 0 Å². The molecule has 0 bridgehead atoms. The number of anilines is 1. The molecule has 0 spiro atoms. The van der Waals surface area contributed by atoms with Crippen molar-refractivity contribution in [3.05, 3.63) is 66.4 Å². The lowest BCUT2D eigenvalue weighted by Gasteiger charge is -2.10. The van der Waals surface area contributed by atoms with Crippen LogP contribution >= 0.6 is 0 Å². The van der Waals surface area contributed by atoms with Gasteiger partial charge in [-0.1, -0.05) is 36.4 Å². The minimum atomic E-state index is -1.12. The normalized spacial score (nSPS) is 12.0. The van der Waals surface area contributed by atoms with E-state index >= 15 is 0 Å². The fourth-order valence-corrected chi connectivity index (χ4v) is 3.28. The van der Waals surface area contributed by atoms with E-state index in [0.717, 1.165) is 16.5 Å². The largest absolute Gasteiger partial charge is 0.324 e. The molecule has 0 saturated carbocycles. The molecule has 2 aromatic carbocycles. The number of hydrogen-bond donors (Lipinski definition) is 1. The Balaban J connectivity index is 1.84. The highest BCUT2D eigenvalue weighted by molar-refractivity contribution is 7.84. The van der Waals surface area contributed by atoms with Gasteiger partial charge in [0, 0.05) is 22.7 Å². The van der Waals surface area contributed by atoms with E-state index in [-0.39, 0.29) is 12.3 Å². The Morgan fingerprint density at radius 3 is 2.70 bits per heavy atom. The second-order valence-corrected chi connectivity index (χ2v) is 6.52. The number of amides is 1. The molecule has 0 aliphatic heterocycles. The number of para-hydroxylation sites is 1. The maximum absolute atomic E-state index is 12.4. The van der Waals surface area contributed by atoms with Gasteiger partial charge in [-0.15, -0.1) is 0 Å². The van der Waals surface area contributed by atoms with Crippen molar-refractivity contribution in [2.45, 2.75) is 11.3 Å². The Kier molecular flexibility index (Phi) is 4.48. The van der Waals surface area contributed by atoms with Crippen molar-refractivity contribution in [2.24, 2.45) is 0 Å². The first-order chi connectivity index (χ1) is 11.1. The van der Waals surface area contributed by atoms with Gasteiger partial charge in [0.1, 0.15) is 0 Å². The molecule has 1 aromatic heterocycles. The lowest BCUT2D eigenvalue weighted by molar-refractivity contribution is -0.115. The summed E-state index contributed by atoms with van der Waals surface area (Å²) < 4.78 is 11.8. The van der Waals surface area contributed by atoms with Crippen molar-refractivity contribution < 1.29 is 9.00 Å². The molecule has 1 amide bonds. The molecule has 0 radical (unpaired) electrons. The number of nitrogens with zero attached hydrogens (tertiary/aromatic N) is 1. The number of fused-ring (bicyclic) bond motifs is 1. The lowest BCUT2D eigenvalue weighted by Crippen LogP contribution is -2.16. The van der Waals surface area contributed by atoms with E-state index in [2.05, 4.69) is 10.3 Å². The number of carbonyl (C=O) groups excluding carboxylic acids is 1. The monoisotopic (exact) mass is 324 g/mol. The minimum Gasteiger partial charge on any atom is -0.324 e. The molecule has 0 aliphatic rings. The average molecular weight is 324 g/mol. The van der Waals surface area contributed by atoms with Crippen LogP contribution in [-0.2, 0) is 22.0 Å². The molecule has 3 aromatic rings. The van der Waals surface area contributed by atoms with Crippen molar-refractivity contribution in [3.63, 3.8) is 0 Å². The Labute approximate surface area is 137 Å². The summed E-state index contributed by atoms with van der Waals surface area (Å²) in [5.41, 5.74) is 2.22. The molecule has 1 heterocycles. The third kappa shape index (κ3) is 3.46. The van der Waals surface area contributed by atoms with Gasteiger partial charge in [-0.25, -0.2) is 0 Å². The Bertz CT molecular complexity index is 888. The number of carbonyl (C=O) groups is 1. The van der Waals surface area contributed by atoms with Crippen LogP contribution < -0.4 is 5.32 Å². The first-order valence-electron chi connectivity index (χ1n) is 7.20. The summed E-state index contributed by atoms with van der Waals surface area (Å²) in [5, 5.41) is 3.87. The molecule has 5 heteroatoms. The molecule has 0 fully saturated rings. The highest BCUT2D eigenvalue weighted by Crippen LogP contribution is 2.21. The zero-order valence-electron chi connectivity index (χ0n) is 12.7. The van der Waals surface area contributed by atoms with Crippen LogP contribution in [0.2, 0.25) is 0 Å². The summed E-state index contributed by atoms with van der Waals surface area (Å²) in [4.78, 5) is 17.4. The van der Waals surface area contributed by atoms with Crippen molar-refractivity contribution in [1.82, 2.24) is 4.98 Å². The first-order valence-corrected chi connectivity index (χ1v) is 8.76. The van der Waals surface area contributed by atoms with E-state index in [1.807, 2.05) is 48.5 Å². The number of aromatic nitrogens is 1. The predicted molar refractivity (Wildman–Crippen MR) is 92.9 cm³/mol. The highest BCUT2D eigenvalue weighted by atomic mass is 32.2. The maximum atomic E-state index is 12.4. The van der Waals surface area contributed by atoms with E-state index in [1.54, 1.807) is 18.5 Å². The minimum absolute atomic E-state index is 0.152. The van der Waals surface area contributed by atoms with Crippen LogP contribution in [-0.4, -0.2) is 21.4 Å². The number of nitrogens with one attached hydrogen (secondary N) is 1. The molecule has 1 N–H and O–H groups in total. The summed E-state index contributed by atoms with van der Waals surface area (Å²) >= 11 is 0. The second kappa shape index (κ2) is 6.71. The molecule has 0 saturated heterocycles.